The van der Waals surface area contributed by atoms with Crippen LogP contribution in [0.3, 0.4) is 0 Å². The van der Waals surface area contributed by atoms with Crippen molar-refractivity contribution in [3.05, 3.63) is 0 Å². The first-order valence-corrected chi connectivity index (χ1v) is 4.24. The highest BCUT2D eigenvalue weighted by molar-refractivity contribution is 6.37. The number of hydrazone groups is 1. The van der Waals surface area contributed by atoms with Gasteiger partial charge in [-0.25, -0.2) is 4.79 Å². The summed E-state index contributed by atoms with van der Waals surface area (Å²) in [5.74, 6) is -0.946. The molecular weight excluding hydrogens is 186 g/mol. The van der Waals surface area contributed by atoms with E-state index >= 15 is 0 Å². The summed E-state index contributed by atoms with van der Waals surface area (Å²) in [6, 6.07) is 0. The standard InChI is InChI=1S/C8H13N3O3/c1-5-3-11(4-6(9)12)10-7(5)8(13)14-2/h5H,3-4H2,1-2H3,(H2,9,12). The largest absolute Gasteiger partial charge is 0.464 e. The summed E-state index contributed by atoms with van der Waals surface area (Å²) in [5, 5.41) is 5.43. The zero-order chi connectivity index (χ0) is 10.7. The lowest BCUT2D eigenvalue weighted by Crippen LogP contribution is -2.29. The molecule has 0 saturated carbocycles. The van der Waals surface area contributed by atoms with Gasteiger partial charge in [-0.15, -0.1) is 0 Å². The van der Waals surface area contributed by atoms with Crippen molar-refractivity contribution < 1.29 is 14.3 Å². The van der Waals surface area contributed by atoms with Gasteiger partial charge in [0, 0.05) is 12.5 Å². The minimum atomic E-state index is -0.466. The molecule has 0 bridgehead atoms. The molecule has 1 rings (SSSR count). The van der Waals surface area contributed by atoms with Gasteiger partial charge < -0.3 is 10.5 Å². The first kappa shape index (κ1) is 10.5. The molecular formula is C8H13N3O3. The lowest BCUT2D eigenvalue weighted by Gasteiger charge is -2.10. The Labute approximate surface area is 81.7 Å². The molecule has 0 spiro atoms. The number of primary amides is 1. The van der Waals surface area contributed by atoms with E-state index in [9.17, 15) is 9.59 Å². The zero-order valence-electron chi connectivity index (χ0n) is 8.19. The van der Waals surface area contributed by atoms with Gasteiger partial charge in [0.15, 0.2) is 0 Å². The molecule has 0 fully saturated rings. The molecule has 0 saturated heterocycles. The van der Waals surface area contributed by atoms with Crippen LogP contribution in [0.4, 0.5) is 0 Å². The Bertz CT molecular complexity index is 288. The van der Waals surface area contributed by atoms with Crippen LogP contribution in [0.1, 0.15) is 6.92 Å². The summed E-state index contributed by atoms with van der Waals surface area (Å²) in [5.41, 5.74) is 5.35. The van der Waals surface area contributed by atoms with Crippen molar-refractivity contribution in [3.63, 3.8) is 0 Å². The van der Waals surface area contributed by atoms with Crippen LogP contribution in [-0.2, 0) is 14.3 Å². The van der Waals surface area contributed by atoms with Gasteiger partial charge in [0.25, 0.3) is 0 Å². The van der Waals surface area contributed by atoms with Crippen LogP contribution in [-0.4, -0.2) is 42.8 Å². The molecule has 1 unspecified atom stereocenters. The SMILES string of the molecule is COC(=O)C1=NN(CC(N)=O)CC1C. The molecule has 2 N–H and O–H groups in total. The third kappa shape index (κ3) is 2.21. The minimum absolute atomic E-state index is 0.0261. The van der Waals surface area contributed by atoms with Crippen molar-refractivity contribution in [2.75, 3.05) is 20.2 Å². The smallest absolute Gasteiger partial charge is 0.354 e. The summed E-state index contributed by atoms with van der Waals surface area (Å²) in [6.45, 7) is 2.40. The predicted octanol–water partition coefficient (Wildman–Crippen LogP) is -1.05. The Morgan fingerprint density at radius 3 is 2.86 bits per heavy atom. The maximum atomic E-state index is 11.2. The van der Waals surface area contributed by atoms with Crippen LogP contribution in [0.25, 0.3) is 0 Å². The lowest BCUT2D eigenvalue weighted by atomic mass is 10.1. The molecule has 1 heterocycles. The fourth-order valence-electron chi connectivity index (χ4n) is 1.32. The van der Waals surface area contributed by atoms with E-state index in [2.05, 4.69) is 9.84 Å². The second kappa shape index (κ2) is 4.08. The zero-order valence-corrected chi connectivity index (χ0v) is 8.19. The third-order valence-electron chi connectivity index (χ3n) is 1.93. The van der Waals surface area contributed by atoms with E-state index in [1.165, 1.54) is 12.1 Å². The quantitative estimate of drug-likeness (QED) is 0.588. The number of carbonyl (C=O) groups is 2. The van der Waals surface area contributed by atoms with Gasteiger partial charge in [-0.2, -0.15) is 5.10 Å². The maximum absolute atomic E-state index is 11.2. The molecule has 1 amide bonds. The van der Waals surface area contributed by atoms with E-state index in [0.717, 1.165) is 0 Å². The fourth-order valence-corrected chi connectivity index (χ4v) is 1.32. The normalized spacial score (nSPS) is 20.6. The van der Waals surface area contributed by atoms with Crippen molar-refractivity contribution >= 4 is 17.6 Å². The molecule has 14 heavy (non-hydrogen) atoms. The average Bonchev–Trinajstić information content (AvgIpc) is 2.44. The van der Waals surface area contributed by atoms with Crippen molar-refractivity contribution in [1.82, 2.24) is 5.01 Å². The van der Waals surface area contributed by atoms with E-state index < -0.39 is 11.9 Å². The maximum Gasteiger partial charge on any atom is 0.354 e. The molecule has 0 radical (unpaired) electrons. The number of methoxy groups -OCH3 is 1. The monoisotopic (exact) mass is 199 g/mol. The van der Waals surface area contributed by atoms with Gasteiger partial charge in [0.2, 0.25) is 5.91 Å². The molecule has 6 nitrogen and oxygen atoms in total. The van der Waals surface area contributed by atoms with Gasteiger partial charge >= 0.3 is 5.97 Å². The van der Waals surface area contributed by atoms with E-state index in [1.807, 2.05) is 6.92 Å². The van der Waals surface area contributed by atoms with Gasteiger partial charge in [0.05, 0.1) is 7.11 Å². The lowest BCUT2D eigenvalue weighted by molar-refractivity contribution is -0.133. The molecule has 0 aromatic heterocycles. The molecule has 1 aliphatic rings. The van der Waals surface area contributed by atoms with Crippen LogP contribution < -0.4 is 5.73 Å². The molecule has 1 atom stereocenters. The van der Waals surface area contributed by atoms with Gasteiger partial charge in [-0.05, 0) is 0 Å². The number of rotatable bonds is 3. The number of ether oxygens (including phenoxy) is 1. The third-order valence-corrected chi connectivity index (χ3v) is 1.93. The number of hydrogen-bond acceptors (Lipinski definition) is 5. The van der Waals surface area contributed by atoms with Crippen molar-refractivity contribution in [2.24, 2.45) is 16.8 Å². The Morgan fingerprint density at radius 1 is 1.71 bits per heavy atom. The average molecular weight is 199 g/mol. The number of nitrogens with two attached hydrogens (primary N) is 1. The Hall–Kier alpha value is -1.59. The van der Waals surface area contributed by atoms with Gasteiger partial charge in [-0.1, -0.05) is 6.92 Å². The topological polar surface area (TPSA) is 85.0 Å². The highest BCUT2D eigenvalue weighted by Crippen LogP contribution is 2.13. The highest BCUT2D eigenvalue weighted by atomic mass is 16.5. The number of carbonyl (C=O) groups excluding carboxylic acids is 2. The van der Waals surface area contributed by atoms with E-state index in [1.54, 1.807) is 0 Å². The molecule has 1 aliphatic heterocycles. The first-order valence-electron chi connectivity index (χ1n) is 4.24. The van der Waals surface area contributed by atoms with E-state index in [4.69, 9.17) is 5.73 Å². The molecule has 0 aromatic rings. The summed E-state index contributed by atoms with van der Waals surface area (Å²) < 4.78 is 4.55. The van der Waals surface area contributed by atoms with Crippen molar-refractivity contribution in [1.29, 1.82) is 0 Å². The fraction of sp³-hybridized carbons (Fsp3) is 0.625. The van der Waals surface area contributed by atoms with Crippen LogP contribution in [0.2, 0.25) is 0 Å². The van der Waals surface area contributed by atoms with E-state index in [0.29, 0.717) is 12.3 Å². The van der Waals surface area contributed by atoms with Crippen LogP contribution >= 0.6 is 0 Å². The highest BCUT2D eigenvalue weighted by Gasteiger charge is 2.29. The van der Waals surface area contributed by atoms with Crippen LogP contribution in [0, 0.1) is 5.92 Å². The Balaban J connectivity index is 2.67. The van der Waals surface area contributed by atoms with Crippen LogP contribution in [0.5, 0.6) is 0 Å². The summed E-state index contributed by atoms with van der Waals surface area (Å²) in [4.78, 5) is 21.8. The predicted molar refractivity (Wildman–Crippen MR) is 49.4 cm³/mol. The second-order valence-electron chi connectivity index (χ2n) is 3.19. The van der Waals surface area contributed by atoms with Crippen molar-refractivity contribution in [2.45, 2.75) is 6.92 Å². The summed E-state index contributed by atoms with van der Waals surface area (Å²) in [6.07, 6.45) is 0. The van der Waals surface area contributed by atoms with E-state index in [-0.39, 0.29) is 12.5 Å². The van der Waals surface area contributed by atoms with Crippen molar-refractivity contribution in [3.8, 4) is 0 Å². The molecule has 0 aliphatic carbocycles. The van der Waals surface area contributed by atoms with Gasteiger partial charge in [0.1, 0.15) is 12.3 Å². The molecule has 6 heteroatoms. The number of esters is 1. The number of amides is 1. The number of nitrogens with zero attached hydrogens (tertiary/aromatic N) is 2. The molecule has 78 valence electrons. The van der Waals surface area contributed by atoms with Gasteiger partial charge in [-0.3, -0.25) is 9.80 Å². The molecule has 0 aromatic carbocycles. The minimum Gasteiger partial charge on any atom is -0.464 e. The Kier molecular flexibility index (Phi) is 3.06. The second-order valence-corrected chi connectivity index (χ2v) is 3.19. The summed E-state index contributed by atoms with van der Waals surface area (Å²) >= 11 is 0. The number of hydrogen-bond donors (Lipinski definition) is 1. The summed E-state index contributed by atoms with van der Waals surface area (Å²) in [7, 11) is 1.30. The van der Waals surface area contributed by atoms with Crippen LogP contribution in [0.15, 0.2) is 5.10 Å². The first-order chi connectivity index (χ1) is 6.54. The Morgan fingerprint density at radius 2 is 2.36 bits per heavy atom.